The van der Waals surface area contributed by atoms with Crippen LogP contribution in [-0.2, 0) is 39.8 Å². The normalized spacial score (nSPS) is 11.6. The summed E-state index contributed by atoms with van der Waals surface area (Å²) in [5, 5.41) is 6.44. The van der Waals surface area contributed by atoms with Crippen LogP contribution in [0.2, 0.25) is 0 Å². The van der Waals surface area contributed by atoms with Gasteiger partial charge >= 0.3 is 16.5 Å². The molecule has 0 saturated heterocycles. The molecule has 0 aliphatic rings. The van der Waals surface area contributed by atoms with E-state index in [2.05, 4.69) is 115 Å². The third-order valence-electron chi connectivity index (χ3n) is 5.01. The van der Waals surface area contributed by atoms with Crippen LogP contribution in [0.25, 0.3) is 10.8 Å². The molecule has 5 heteroatoms. The molecule has 0 heterocycles. The Morgan fingerprint density at radius 2 is 0.889 bits per heavy atom. The predicted molar refractivity (Wildman–Crippen MR) is 135 cm³/mol. The molecule has 0 unspecified atom stereocenters. The SMILES string of the molecule is CC(C)[PH+](c1cccc2cccc([PH+](C(C)C)C(C)C)c12)C(C)C.[Ni+2].[S-][S-]. The van der Waals surface area contributed by atoms with Crippen LogP contribution in [0.3, 0.4) is 0 Å². The molecule has 27 heavy (non-hydrogen) atoms. The zero-order chi connectivity index (χ0) is 20.0. The van der Waals surface area contributed by atoms with Gasteiger partial charge in [-0.15, -0.1) is 0 Å². The van der Waals surface area contributed by atoms with E-state index in [-0.39, 0.29) is 16.5 Å². The predicted octanol–water partition coefficient (Wildman–Crippen LogP) is 6.15. The van der Waals surface area contributed by atoms with E-state index in [4.69, 9.17) is 0 Å². The maximum atomic E-state index is 3.67. The van der Waals surface area contributed by atoms with Crippen molar-refractivity contribution in [2.75, 3.05) is 0 Å². The van der Waals surface area contributed by atoms with Gasteiger partial charge in [-0.1, -0.05) is 24.3 Å². The Labute approximate surface area is 190 Å². The van der Waals surface area contributed by atoms with E-state index >= 15 is 0 Å². The maximum Gasteiger partial charge on any atom is 2.00 e. The summed E-state index contributed by atoms with van der Waals surface area (Å²) in [7, 11) is -1.14. The minimum Gasteiger partial charge on any atom is -1.00 e. The standard InChI is InChI=1S/C22H34P2.Ni.S2/c1-15(2)23(16(3)4)20-13-9-11-19-12-10-14-21(22(19)20)24(17(5)6)18(7)8;;1-2/h9-18H,1-8H3;;/q;+2;-2/p+2. The van der Waals surface area contributed by atoms with Gasteiger partial charge in [0.05, 0.1) is 28.0 Å². The topological polar surface area (TPSA) is 0 Å². The van der Waals surface area contributed by atoms with Crippen LogP contribution in [0.1, 0.15) is 55.4 Å². The minimum absolute atomic E-state index is 0. The molecule has 0 amide bonds. The fraction of sp³-hybridized carbons (Fsp3) is 0.545. The van der Waals surface area contributed by atoms with Crippen LogP contribution < -0.4 is 10.6 Å². The molecule has 0 aliphatic heterocycles. The molecule has 0 saturated carbocycles. The molecule has 2 aromatic rings. The summed E-state index contributed by atoms with van der Waals surface area (Å²) in [5.41, 5.74) is 3.06. The first-order chi connectivity index (χ1) is 12.3. The van der Waals surface area contributed by atoms with Crippen molar-refractivity contribution in [3.05, 3.63) is 36.4 Å². The first kappa shape index (κ1) is 27.8. The van der Waals surface area contributed by atoms with Crippen LogP contribution >= 0.6 is 15.8 Å². The van der Waals surface area contributed by atoms with Crippen LogP contribution in [0.5, 0.6) is 0 Å². The van der Waals surface area contributed by atoms with Gasteiger partial charge in [-0.2, -0.15) is 0 Å². The van der Waals surface area contributed by atoms with Gasteiger partial charge in [0.1, 0.15) is 10.6 Å². The van der Waals surface area contributed by atoms with Gasteiger partial charge in [-0.3, -0.25) is 0 Å². The zero-order valence-electron chi connectivity index (χ0n) is 17.9. The third kappa shape index (κ3) is 6.90. The number of hydrogen-bond donors (Lipinski definition) is 0. The Bertz CT molecular complexity index is 616. The molecule has 0 fully saturated rings. The minimum atomic E-state index is -0.571. The summed E-state index contributed by atoms with van der Waals surface area (Å²) < 4.78 is 0. The molecule has 0 N–H and O–H groups in total. The summed E-state index contributed by atoms with van der Waals surface area (Å²) in [4.78, 5) is 0. The molecule has 0 radical (unpaired) electrons. The molecular formula is C22H36NiP2S2+2. The Balaban J connectivity index is 0.00000218. The number of hydrogen-bond acceptors (Lipinski definition) is 2. The first-order valence-electron chi connectivity index (χ1n) is 9.68. The Morgan fingerprint density at radius 1 is 0.593 bits per heavy atom. The van der Waals surface area contributed by atoms with Gasteiger partial charge in [-0.05, 0) is 72.9 Å². The maximum absolute atomic E-state index is 3.67. The second-order valence-corrected chi connectivity index (χ2v) is 15.8. The summed E-state index contributed by atoms with van der Waals surface area (Å²) >= 11 is 7.33. The smallest absolute Gasteiger partial charge is 1.00 e. The Morgan fingerprint density at radius 3 is 1.15 bits per heavy atom. The van der Waals surface area contributed by atoms with Crippen molar-refractivity contribution >= 4 is 60.5 Å². The van der Waals surface area contributed by atoms with Crippen molar-refractivity contribution in [2.45, 2.75) is 78.0 Å². The number of benzene rings is 2. The number of rotatable bonds is 6. The van der Waals surface area contributed by atoms with Gasteiger partial charge in [0.15, 0.2) is 0 Å². The summed E-state index contributed by atoms with van der Waals surface area (Å²) in [5.74, 6) is 0. The summed E-state index contributed by atoms with van der Waals surface area (Å²) in [6, 6.07) is 14.1. The molecule has 0 nitrogen and oxygen atoms in total. The van der Waals surface area contributed by atoms with Crippen LogP contribution in [0.4, 0.5) is 0 Å². The van der Waals surface area contributed by atoms with Gasteiger partial charge in [-0.25, -0.2) is 0 Å². The van der Waals surface area contributed by atoms with E-state index in [1.165, 1.54) is 5.39 Å². The summed E-state index contributed by atoms with van der Waals surface area (Å²) in [6.07, 6.45) is 0. The van der Waals surface area contributed by atoms with Crippen molar-refractivity contribution in [2.24, 2.45) is 0 Å². The molecule has 0 aliphatic carbocycles. The molecule has 2 aromatic carbocycles. The molecule has 0 aromatic heterocycles. The third-order valence-corrected chi connectivity index (χ3v) is 12.1. The second-order valence-electron chi connectivity index (χ2n) is 8.24. The first-order valence-corrected chi connectivity index (χ1v) is 14.3. The van der Waals surface area contributed by atoms with E-state index in [9.17, 15) is 0 Å². The fourth-order valence-electron chi connectivity index (χ4n) is 4.40. The van der Waals surface area contributed by atoms with Crippen molar-refractivity contribution in [3.63, 3.8) is 0 Å². The molecule has 2 rings (SSSR count). The van der Waals surface area contributed by atoms with Crippen LogP contribution in [0, 0.1) is 0 Å². The molecular weight excluding hydrogens is 449 g/mol. The van der Waals surface area contributed by atoms with E-state index in [0.29, 0.717) is 0 Å². The summed E-state index contributed by atoms with van der Waals surface area (Å²) in [6.45, 7) is 19.4. The van der Waals surface area contributed by atoms with Crippen LogP contribution in [-0.4, -0.2) is 22.6 Å². The molecule has 0 bridgehead atoms. The Kier molecular flexibility index (Phi) is 13.5. The average Bonchev–Trinajstić information content (AvgIpc) is 2.55. The van der Waals surface area contributed by atoms with Crippen molar-refractivity contribution in [3.8, 4) is 0 Å². The molecule has 154 valence electrons. The molecule has 0 atom stereocenters. The number of fused-ring (bicyclic) bond motifs is 1. The van der Waals surface area contributed by atoms with Crippen LogP contribution in [0.15, 0.2) is 36.4 Å². The van der Waals surface area contributed by atoms with Gasteiger partial charge < -0.3 is 23.3 Å². The second kappa shape index (κ2) is 13.1. The van der Waals surface area contributed by atoms with Crippen molar-refractivity contribution in [1.82, 2.24) is 0 Å². The Hall–Kier alpha value is 0.754. The van der Waals surface area contributed by atoms with Gasteiger partial charge in [0.2, 0.25) is 0 Å². The monoisotopic (exact) mass is 484 g/mol. The largest absolute Gasteiger partial charge is 2.00 e. The quantitative estimate of drug-likeness (QED) is 0.209. The van der Waals surface area contributed by atoms with Gasteiger partial charge in [0.25, 0.3) is 0 Å². The van der Waals surface area contributed by atoms with E-state index in [1.807, 2.05) is 0 Å². The average molecular weight is 485 g/mol. The van der Waals surface area contributed by atoms with Crippen molar-refractivity contribution in [1.29, 1.82) is 0 Å². The fourth-order valence-corrected chi connectivity index (χ4v) is 11.4. The zero-order valence-corrected chi connectivity index (χ0v) is 22.5. The van der Waals surface area contributed by atoms with Crippen molar-refractivity contribution < 1.29 is 16.5 Å². The van der Waals surface area contributed by atoms with Gasteiger partial charge in [0, 0.05) is 15.8 Å². The van der Waals surface area contributed by atoms with E-state index in [1.54, 1.807) is 16.0 Å². The van der Waals surface area contributed by atoms with E-state index in [0.717, 1.165) is 22.6 Å². The van der Waals surface area contributed by atoms with E-state index < -0.39 is 15.8 Å². The molecule has 0 spiro atoms.